The second kappa shape index (κ2) is 12.1. The van der Waals surface area contributed by atoms with E-state index in [-0.39, 0.29) is 17.8 Å². The summed E-state index contributed by atoms with van der Waals surface area (Å²) in [5.74, 6) is -0.863. The van der Waals surface area contributed by atoms with Crippen LogP contribution in [0.4, 0.5) is 20.3 Å². The van der Waals surface area contributed by atoms with Gasteiger partial charge in [-0.15, -0.1) is 0 Å². The van der Waals surface area contributed by atoms with E-state index in [4.69, 9.17) is 4.74 Å². The van der Waals surface area contributed by atoms with Crippen LogP contribution in [0.15, 0.2) is 58.5 Å². The van der Waals surface area contributed by atoms with Gasteiger partial charge in [-0.3, -0.25) is 9.89 Å². The number of benzene rings is 2. The van der Waals surface area contributed by atoms with Crippen LogP contribution >= 0.6 is 11.8 Å². The van der Waals surface area contributed by atoms with Gasteiger partial charge in [0.15, 0.2) is 5.82 Å². The number of aromatic nitrogens is 3. The van der Waals surface area contributed by atoms with Crippen molar-refractivity contribution in [1.82, 2.24) is 20.1 Å². The van der Waals surface area contributed by atoms with E-state index in [1.165, 1.54) is 17.7 Å². The molecule has 6 rings (SSSR count). The summed E-state index contributed by atoms with van der Waals surface area (Å²) < 4.78 is 32.9. The molecule has 3 N–H and O–H groups in total. The van der Waals surface area contributed by atoms with Crippen LogP contribution in [0, 0.1) is 11.6 Å². The number of carbonyl (C=O) groups is 1. The Labute approximate surface area is 241 Å². The molecule has 8 nitrogen and oxygen atoms in total. The van der Waals surface area contributed by atoms with Crippen molar-refractivity contribution in [3.05, 3.63) is 71.3 Å². The molecule has 0 atom stereocenters. The normalized spacial score (nSPS) is 17.1. The van der Waals surface area contributed by atoms with E-state index in [2.05, 4.69) is 49.9 Å². The first-order valence-corrected chi connectivity index (χ1v) is 14.7. The van der Waals surface area contributed by atoms with Crippen molar-refractivity contribution in [3.8, 4) is 0 Å². The zero-order valence-electron chi connectivity index (χ0n) is 22.8. The molecule has 2 aliphatic heterocycles. The molecule has 0 unspecified atom stereocenters. The highest BCUT2D eigenvalue weighted by Crippen LogP contribution is 2.33. The predicted molar refractivity (Wildman–Crippen MR) is 156 cm³/mol. The van der Waals surface area contributed by atoms with Crippen molar-refractivity contribution in [2.24, 2.45) is 0 Å². The SMILES string of the molecule is CN1CCC(c2ccc(C(=O)Nc3n[nH]c4ccc(Sc5cc(F)cc(F)c5)nc34)c(NC3CCOCC3)c2)CC1. The third-order valence-corrected chi connectivity index (χ3v) is 8.64. The lowest BCUT2D eigenvalue weighted by molar-refractivity contribution is 0.0904. The number of piperidine rings is 1. The lowest BCUT2D eigenvalue weighted by Crippen LogP contribution is -2.30. The molecule has 0 aliphatic carbocycles. The molecule has 0 radical (unpaired) electrons. The van der Waals surface area contributed by atoms with Gasteiger partial charge in [0.25, 0.3) is 5.91 Å². The predicted octanol–water partition coefficient (Wildman–Crippen LogP) is 6.04. The van der Waals surface area contributed by atoms with E-state index < -0.39 is 11.6 Å². The van der Waals surface area contributed by atoms with Gasteiger partial charge in [0.05, 0.1) is 11.1 Å². The van der Waals surface area contributed by atoms with Crippen LogP contribution < -0.4 is 10.6 Å². The first-order chi connectivity index (χ1) is 19.9. The number of nitrogens with one attached hydrogen (secondary N) is 3. The number of halogens is 2. The zero-order valence-corrected chi connectivity index (χ0v) is 23.6. The molecule has 2 aromatic carbocycles. The van der Waals surface area contributed by atoms with Gasteiger partial charge >= 0.3 is 0 Å². The van der Waals surface area contributed by atoms with Crippen LogP contribution in [0.2, 0.25) is 0 Å². The van der Waals surface area contributed by atoms with E-state index in [1.807, 2.05) is 6.07 Å². The molecule has 2 fully saturated rings. The number of fused-ring (bicyclic) bond motifs is 1. The molecule has 1 amide bonds. The van der Waals surface area contributed by atoms with Crippen molar-refractivity contribution in [2.45, 2.75) is 47.6 Å². The highest BCUT2D eigenvalue weighted by Gasteiger charge is 2.23. The van der Waals surface area contributed by atoms with Crippen molar-refractivity contribution in [3.63, 3.8) is 0 Å². The number of H-pyrrole nitrogens is 1. The quantitative estimate of drug-likeness (QED) is 0.246. The fourth-order valence-corrected chi connectivity index (χ4v) is 6.30. The van der Waals surface area contributed by atoms with E-state index in [9.17, 15) is 13.6 Å². The number of likely N-dealkylation sites (tertiary alicyclic amines) is 1. The summed E-state index contributed by atoms with van der Waals surface area (Å²) in [6.07, 6.45) is 3.94. The highest BCUT2D eigenvalue weighted by molar-refractivity contribution is 7.99. The number of pyridine rings is 1. The molecular weight excluding hydrogens is 546 g/mol. The summed E-state index contributed by atoms with van der Waals surface area (Å²) >= 11 is 1.13. The molecule has 2 aromatic heterocycles. The average Bonchev–Trinajstić information content (AvgIpc) is 3.35. The maximum Gasteiger partial charge on any atom is 0.259 e. The van der Waals surface area contributed by atoms with Crippen LogP contribution in [0.5, 0.6) is 0 Å². The Kier molecular flexibility index (Phi) is 8.18. The zero-order chi connectivity index (χ0) is 28.3. The summed E-state index contributed by atoms with van der Waals surface area (Å²) in [5, 5.41) is 14.3. The fraction of sp³-hybridized carbons (Fsp3) is 0.367. The minimum atomic E-state index is -0.656. The number of hydrogen-bond donors (Lipinski definition) is 3. The Morgan fingerprint density at radius 3 is 2.54 bits per heavy atom. The number of rotatable bonds is 7. The van der Waals surface area contributed by atoms with Gasteiger partial charge in [0.1, 0.15) is 22.2 Å². The second-order valence-electron chi connectivity index (χ2n) is 10.7. The van der Waals surface area contributed by atoms with Crippen molar-refractivity contribution >= 4 is 40.2 Å². The van der Waals surface area contributed by atoms with Gasteiger partial charge in [-0.05, 0) is 93.7 Å². The number of anilines is 2. The molecule has 0 bridgehead atoms. The number of carbonyl (C=O) groups excluding carboxylic acids is 1. The van der Waals surface area contributed by atoms with E-state index in [0.717, 1.165) is 62.3 Å². The molecule has 0 saturated carbocycles. The minimum Gasteiger partial charge on any atom is -0.381 e. The third kappa shape index (κ3) is 6.52. The maximum absolute atomic E-state index is 13.7. The van der Waals surface area contributed by atoms with Crippen molar-refractivity contribution in [2.75, 3.05) is 44.0 Å². The molecule has 0 spiro atoms. The summed E-state index contributed by atoms with van der Waals surface area (Å²) in [4.78, 5) is 21.0. The second-order valence-corrected chi connectivity index (χ2v) is 11.8. The highest BCUT2D eigenvalue weighted by atomic mass is 32.2. The Balaban J connectivity index is 1.25. The van der Waals surface area contributed by atoms with E-state index in [0.29, 0.717) is 45.6 Å². The lowest BCUT2D eigenvalue weighted by Gasteiger charge is -2.30. The average molecular weight is 579 g/mol. The van der Waals surface area contributed by atoms with Crippen molar-refractivity contribution < 1.29 is 18.3 Å². The number of amides is 1. The Morgan fingerprint density at radius 1 is 1.02 bits per heavy atom. The van der Waals surface area contributed by atoms with Gasteiger partial charge in [-0.25, -0.2) is 13.8 Å². The summed E-state index contributed by atoms with van der Waals surface area (Å²) in [5.41, 5.74) is 3.68. The fourth-order valence-electron chi connectivity index (χ4n) is 5.45. The van der Waals surface area contributed by atoms with Crippen LogP contribution in [0.1, 0.15) is 47.5 Å². The summed E-state index contributed by atoms with van der Waals surface area (Å²) in [7, 11) is 2.15. The van der Waals surface area contributed by atoms with E-state index >= 15 is 0 Å². The van der Waals surface area contributed by atoms with E-state index in [1.54, 1.807) is 12.1 Å². The summed E-state index contributed by atoms with van der Waals surface area (Å²) in [6, 6.07) is 13.2. The molecule has 214 valence electrons. The van der Waals surface area contributed by atoms with Gasteiger partial charge in [-0.1, -0.05) is 17.8 Å². The maximum atomic E-state index is 13.7. The Bertz CT molecular complexity index is 1530. The molecule has 4 aromatic rings. The molecule has 41 heavy (non-hydrogen) atoms. The number of aromatic amines is 1. The first kappa shape index (κ1) is 27.6. The number of ether oxygens (including phenoxy) is 1. The molecular formula is C30H32F2N6O2S. The standard InChI is InChI=1S/C30H32F2N6O2S/c1-38-10-6-18(7-11-38)19-2-3-24(26(14-19)33-22-8-12-40-13-9-22)30(39)35-29-28-25(36-37-29)4-5-27(34-28)41-23-16-20(31)15-21(32)17-23/h2-5,14-18,22,33H,6-13H2,1H3,(H2,35,36,37,39). The van der Waals surface area contributed by atoms with Crippen LogP contribution in [0.3, 0.4) is 0 Å². The summed E-state index contributed by atoms with van der Waals surface area (Å²) in [6.45, 7) is 3.51. The molecule has 2 saturated heterocycles. The van der Waals surface area contributed by atoms with Gasteiger partial charge in [0.2, 0.25) is 0 Å². The van der Waals surface area contributed by atoms with Gasteiger partial charge in [-0.2, -0.15) is 5.10 Å². The Morgan fingerprint density at radius 2 is 1.78 bits per heavy atom. The molecule has 2 aliphatic rings. The van der Waals surface area contributed by atoms with Gasteiger partial charge < -0.3 is 20.3 Å². The van der Waals surface area contributed by atoms with Crippen LogP contribution in [-0.4, -0.2) is 65.4 Å². The topological polar surface area (TPSA) is 95.2 Å². The number of nitrogens with zero attached hydrogens (tertiary/aromatic N) is 3. The number of hydrogen-bond acceptors (Lipinski definition) is 7. The molecule has 11 heteroatoms. The largest absolute Gasteiger partial charge is 0.381 e. The van der Waals surface area contributed by atoms with Crippen LogP contribution in [0.25, 0.3) is 11.0 Å². The third-order valence-electron chi connectivity index (χ3n) is 7.73. The lowest BCUT2D eigenvalue weighted by atomic mass is 9.88. The molecule has 4 heterocycles. The van der Waals surface area contributed by atoms with Gasteiger partial charge in [0, 0.05) is 35.9 Å². The van der Waals surface area contributed by atoms with Crippen LogP contribution in [-0.2, 0) is 4.74 Å². The smallest absolute Gasteiger partial charge is 0.259 e. The monoisotopic (exact) mass is 578 g/mol. The van der Waals surface area contributed by atoms with Crippen molar-refractivity contribution in [1.29, 1.82) is 0 Å². The Hall–Kier alpha value is -3.54. The minimum absolute atomic E-state index is 0.225. The first-order valence-electron chi connectivity index (χ1n) is 13.9.